The third kappa shape index (κ3) is 7.43. The molecule has 0 aliphatic carbocycles. The molecule has 3 N–H and O–H groups in total. The highest BCUT2D eigenvalue weighted by atomic mass is 16.6. The van der Waals surface area contributed by atoms with Crippen LogP contribution in [0.2, 0.25) is 0 Å². The van der Waals surface area contributed by atoms with E-state index in [1.54, 1.807) is 13.3 Å². The second-order valence-electron chi connectivity index (χ2n) is 6.58. The summed E-state index contributed by atoms with van der Waals surface area (Å²) in [6, 6.07) is 0. The molecule has 0 fully saturated rings. The van der Waals surface area contributed by atoms with Gasteiger partial charge in [0.05, 0.1) is 0 Å². The van der Waals surface area contributed by atoms with Crippen molar-refractivity contribution in [2.75, 3.05) is 20.2 Å². The van der Waals surface area contributed by atoms with E-state index in [0.717, 1.165) is 13.1 Å². The van der Waals surface area contributed by atoms with Crippen molar-refractivity contribution in [1.29, 1.82) is 0 Å². The lowest BCUT2D eigenvalue weighted by Crippen LogP contribution is -2.52. The molecule has 0 aromatic heterocycles. The monoisotopic (exact) mass is 300 g/mol. The molecule has 0 saturated heterocycles. The average Bonchev–Trinajstić information content (AvgIpc) is 2.41. The van der Waals surface area contributed by atoms with Crippen molar-refractivity contribution in [1.82, 2.24) is 10.6 Å². The standard InChI is InChI=1S/C15H32N4O2/c1-12(10-18-20)14(3,4)16-8-9-17-15(5,6)13(2)11-19-21-7/h10-13,16-17,20H,8-9H2,1-7H3/b18-10+,19-11+. The smallest absolute Gasteiger partial charge is 0.106 e. The predicted molar refractivity (Wildman–Crippen MR) is 88.3 cm³/mol. The molecule has 0 bridgehead atoms. The van der Waals surface area contributed by atoms with E-state index >= 15 is 0 Å². The van der Waals surface area contributed by atoms with E-state index in [1.165, 1.54) is 0 Å². The van der Waals surface area contributed by atoms with Crippen LogP contribution in [0, 0.1) is 11.8 Å². The quantitative estimate of drug-likeness (QED) is 0.250. The Labute approximate surface area is 129 Å². The second-order valence-corrected chi connectivity index (χ2v) is 6.58. The number of oxime groups is 2. The van der Waals surface area contributed by atoms with Gasteiger partial charge in [0.1, 0.15) is 7.11 Å². The minimum Gasteiger partial charge on any atom is -0.411 e. The fraction of sp³-hybridized carbons (Fsp3) is 0.867. The van der Waals surface area contributed by atoms with Gasteiger partial charge >= 0.3 is 0 Å². The highest BCUT2D eigenvalue weighted by Crippen LogP contribution is 2.15. The van der Waals surface area contributed by atoms with E-state index in [4.69, 9.17) is 10.0 Å². The van der Waals surface area contributed by atoms with Gasteiger partial charge < -0.3 is 20.7 Å². The first-order valence-electron chi connectivity index (χ1n) is 7.41. The van der Waals surface area contributed by atoms with Gasteiger partial charge in [0.15, 0.2) is 0 Å². The molecule has 0 aliphatic heterocycles. The van der Waals surface area contributed by atoms with Crippen LogP contribution in [0.5, 0.6) is 0 Å². The molecule has 0 amide bonds. The Balaban J connectivity index is 4.22. The molecule has 0 heterocycles. The van der Waals surface area contributed by atoms with Crippen LogP contribution in [0.3, 0.4) is 0 Å². The predicted octanol–water partition coefficient (Wildman–Crippen LogP) is 2.09. The van der Waals surface area contributed by atoms with Gasteiger partial charge in [0, 0.05) is 48.4 Å². The highest BCUT2D eigenvalue weighted by Gasteiger charge is 2.26. The Kier molecular flexibility index (Phi) is 8.51. The van der Waals surface area contributed by atoms with Crippen molar-refractivity contribution in [2.45, 2.75) is 52.6 Å². The molecule has 0 aromatic carbocycles. The molecule has 21 heavy (non-hydrogen) atoms. The molecule has 0 saturated carbocycles. The average molecular weight is 300 g/mol. The number of hydrogen-bond acceptors (Lipinski definition) is 6. The van der Waals surface area contributed by atoms with Crippen LogP contribution in [0.4, 0.5) is 0 Å². The van der Waals surface area contributed by atoms with Crippen LogP contribution in [-0.2, 0) is 4.84 Å². The molecule has 6 nitrogen and oxygen atoms in total. The van der Waals surface area contributed by atoms with Gasteiger partial charge in [-0.1, -0.05) is 19.0 Å². The summed E-state index contributed by atoms with van der Waals surface area (Å²) in [6.07, 6.45) is 3.36. The number of nitrogens with one attached hydrogen (secondary N) is 2. The molecule has 124 valence electrons. The second kappa shape index (κ2) is 9.00. The molecule has 0 radical (unpaired) electrons. The summed E-state index contributed by atoms with van der Waals surface area (Å²) in [5.41, 5.74) is -0.187. The van der Waals surface area contributed by atoms with Gasteiger partial charge in [-0.05, 0) is 27.7 Å². The van der Waals surface area contributed by atoms with Gasteiger partial charge in [-0.2, -0.15) is 0 Å². The topological polar surface area (TPSA) is 78.2 Å². The Morgan fingerprint density at radius 2 is 1.43 bits per heavy atom. The summed E-state index contributed by atoms with van der Waals surface area (Å²) in [5.74, 6) is 0.397. The first kappa shape index (κ1) is 19.9. The van der Waals surface area contributed by atoms with Crippen LogP contribution in [-0.4, -0.2) is 48.9 Å². The molecule has 0 rings (SSSR count). The van der Waals surface area contributed by atoms with Crippen LogP contribution >= 0.6 is 0 Å². The van der Waals surface area contributed by atoms with Crippen molar-refractivity contribution in [2.24, 2.45) is 22.1 Å². The van der Waals surface area contributed by atoms with Gasteiger partial charge in [0.25, 0.3) is 0 Å². The zero-order valence-corrected chi connectivity index (χ0v) is 14.5. The molecule has 0 spiro atoms. The third-order valence-corrected chi connectivity index (χ3v) is 4.24. The summed E-state index contributed by atoms with van der Waals surface area (Å²) in [4.78, 5) is 4.72. The van der Waals surface area contributed by atoms with Crippen molar-refractivity contribution in [3.8, 4) is 0 Å². The van der Waals surface area contributed by atoms with Crippen LogP contribution in [0.1, 0.15) is 41.5 Å². The molecular weight excluding hydrogens is 268 g/mol. The van der Waals surface area contributed by atoms with E-state index in [1.807, 2.05) is 13.1 Å². The largest absolute Gasteiger partial charge is 0.411 e. The zero-order chi connectivity index (χ0) is 16.5. The molecule has 0 aliphatic rings. The molecular formula is C15H32N4O2. The Bertz CT molecular complexity index is 341. The van der Waals surface area contributed by atoms with Crippen molar-refractivity contribution >= 4 is 12.4 Å². The number of hydrogen-bond donors (Lipinski definition) is 3. The van der Waals surface area contributed by atoms with Gasteiger partial charge in [-0.3, -0.25) is 0 Å². The lowest BCUT2D eigenvalue weighted by Gasteiger charge is -2.33. The Morgan fingerprint density at radius 1 is 1.00 bits per heavy atom. The number of rotatable bonds is 10. The fourth-order valence-electron chi connectivity index (χ4n) is 1.72. The van der Waals surface area contributed by atoms with Crippen molar-refractivity contribution in [3.63, 3.8) is 0 Å². The summed E-state index contributed by atoms with van der Waals surface area (Å²) in [7, 11) is 1.55. The summed E-state index contributed by atoms with van der Waals surface area (Å²) in [5, 5.41) is 22.6. The first-order chi connectivity index (χ1) is 9.67. The normalized spacial score (nSPS) is 16.5. The van der Waals surface area contributed by atoms with E-state index in [-0.39, 0.29) is 22.9 Å². The maximum atomic E-state index is 8.62. The maximum Gasteiger partial charge on any atom is 0.106 e. The maximum absolute atomic E-state index is 8.62. The number of nitrogens with zero attached hydrogens (tertiary/aromatic N) is 2. The molecule has 2 unspecified atom stereocenters. The van der Waals surface area contributed by atoms with E-state index < -0.39 is 0 Å². The van der Waals surface area contributed by atoms with Crippen molar-refractivity contribution < 1.29 is 10.0 Å². The van der Waals surface area contributed by atoms with E-state index in [2.05, 4.69) is 55.6 Å². The van der Waals surface area contributed by atoms with Crippen molar-refractivity contribution in [3.05, 3.63) is 0 Å². The zero-order valence-electron chi connectivity index (χ0n) is 14.5. The Hall–Kier alpha value is -1.14. The summed E-state index contributed by atoms with van der Waals surface area (Å²) in [6.45, 7) is 14.3. The van der Waals surface area contributed by atoms with Gasteiger partial charge in [-0.15, -0.1) is 5.16 Å². The van der Waals surface area contributed by atoms with Gasteiger partial charge in [0.2, 0.25) is 0 Å². The molecule has 6 heteroatoms. The lowest BCUT2D eigenvalue weighted by atomic mass is 9.89. The minimum absolute atomic E-state index is 0.0635. The van der Waals surface area contributed by atoms with Gasteiger partial charge in [-0.25, -0.2) is 0 Å². The molecule has 2 atom stereocenters. The SMILES string of the molecule is CO/N=C/C(C)C(C)(C)NCCNC(C)(C)C(C)/C=N/O. The minimum atomic E-state index is -0.124. The lowest BCUT2D eigenvalue weighted by molar-refractivity contribution is 0.210. The summed E-state index contributed by atoms with van der Waals surface area (Å²) < 4.78 is 0. The Morgan fingerprint density at radius 3 is 1.81 bits per heavy atom. The fourth-order valence-corrected chi connectivity index (χ4v) is 1.72. The van der Waals surface area contributed by atoms with E-state index in [0.29, 0.717) is 0 Å². The first-order valence-corrected chi connectivity index (χ1v) is 7.41. The molecule has 0 aromatic rings. The van der Waals surface area contributed by atoms with Crippen LogP contribution in [0.15, 0.2) is 10.3 Å². The van der Waals surface area contributed by atoms with Crippen LogP contribution < -0.4 is 10.6 Å². The third-order valence-electron chi connectivity index (χ3n) is 4.24. The van der Waals surface area contributed by atoms with E-state index in [9.17, 15) is 0 Å². The highest BCUT2D eigenvalue weighted by molar-refractivity contribution is 5.61. The van der Waals surface area contributed by atoms with Crippen LogP contribution in [0.25, 0.3) is 0 Å². The summed E-state index contributed by atoms with van der Waals surface area (Å²) >= 11 is 0.